The van der Waals surface area contributed by atoms with Gasteiger partial charge in [-0.25, -0.2) is 13.6 Å². The van der Waals surface area contributed by atoms with Gasteiger partial charge >= 0.3 is 0 Å². The third-order valence-corrected chi connectivity index (χ3v) is 2.72. The van der Waals surface area contributed by atoms with Gasteiger partial charge in [-0.15, -0.1) is 0 Å². The lowest BCUT2D eigenvalue weighted by Gasteiger charge is -2.18. The van der Waals surface area contributed by atoms with Crippen molar-refractivity contribution in [3.05, 3.63) is 34.8 Å². The van der Waals surface area contributed by atoms with E-state index in [4.69, 9.17) is 5.14 Å². The average Bonchev–Trinajstić information content (AvgIpc) is 2.15. The van der Waals surface area contributed by atoms with Crippen molar-refractivity contribution in [1.29, 1.82) is 0 Å². The van der Waals surface area contributed by atoms with Crippen LogP contribution in [-0.4, -0.2) is 25.9 Å². The molecule has 0 fully saturated rings. The smallest absolute Gasteiger partial charge is 0.227 e. The van der Waals surface area contributed by atoms with Crippen molar-refractivity contribution in [2.24, 2.45) is 10.1 Å². The molecule has 1 aliphatic rings. The highest BCUT2D eigenvalue weighted by atomic mass is 32.2. The molecule has 0 bridgehead atoms. The monoisotopic (exact) mass is 225 g/mol. The highest BCUT2D eigenvalue weighted by Gasteiger charge is 2.10. The molecule has 2 rings (SSSR count). The molecule has 6 heteroatoms. The second-order valence-corrected chi connectivity index (χ2v) is 4.95. The van der Waals surface area contributed by atoms with Crippen LogP contribution in [0.5, 0.6) is 0 Å². The Morgan fingerprint density at radius 3 is 2.87 bits per heavy atom. The Morgan fingerprint density at radius 2 is 2.13 bits per heavy atom. The van der Waals surface area contributed by atoms with Gasteiger partial charge in [0.25, 0.3) is 0 Å². The Labute approximate surface area is 87.6 Å². The Balaban J connectivity index is 2.35. The zero-order valence-electron chi connectivity index (χ0n) is 8.00. The van der Waals surface area contributed by atoms with Gasteiger partial charge in [-0.3, -0.25) is 4.99 Å². The first-order valence-corrected chi connectivity index (χ1v) is 6.12. The van der Waals surface area contributed by atoms with E-state index in [1.165, 1.54) is 0 Å². The second-order valence-electron chi connectivity index (χ2n) is 3.37. The maximum Gasteiger partial charge on any atom is 0.227 e. The van der Waals surface area contributed by atoms with Crippen molar-refractivity contribution in [1.82, 2.24) is 4.90 Å². The van der Waals surface area contributed by atoms with Gasteiger partial charge in [0.05, 0.1) is 5.36 Å². The van der Waals surface area contributed by atoms with Crippen LogP contribution >= 0.6 is 0 Å². The first-order valence-electron chi connectivity index (χ1n) is 4.40. The maximum absolute atomic E-state index is 10.9. The molecule has 0 atom stereocenters. The molecule has 0 aliphatic carbocycles. The van der Waals surface area contributed by atoms with E-state index in [-0.39, 0.29) is 5.88 Å². The number of hydrogen-bond acceptors (Lipinski definition) is 4. The zero-order valence-corrected chi connectivity index (χ0v) is 8.81. The molecule has 0 aromatic heterocycles. The molecule has 0 radical (unpaired) electrons. The number of nitrogens with zero attached hydrogens (tertiary/aromatic N) is 2. The lowest BCUT2D eigenvalue weighted by Crippen LogP contribution is -2.39. The Bertz CT molecular complexity index is 580. The van der Waals surface area contributed by atoms with E-state index < -0.39 is 10.0 Å². The number of primary sulfonamides is 1. The minimum atomic E-state index is -3.49. The van der Waals surface area contributed by atoms with Crippen molar-refractivity contribution >= 4 is 16.2 Å². The van der Waals surface area contributed by atoms with Gasteiger partial charge in [-0.1, -0.05) is 18.2 Å². The molecule has 5 nitrogen and oxygen atoms in total. The summed E-state index contributed by atoms with van der Waals surface area (Å²) >= 11 is 0. The van der Waals surface area contributed by atoms with Gasteiger partial charge in [-0.2, -0.15) is 0 Å². The number of para-hydroxylation sites is 1. The third kappa shape index (κ3) is 2.54. The summed E-state index contributed by atoms with van der Waals surface area (Å²) in [5.74, 6) is -0.204. The Morgan fingerprint density at radius 1 is 1.40 bits per heavy atom. The van der Waals surface area contributed by atoms with E-state index in [9.17, 15) is 8.42 Å². The largest absolute Gasteiger partial charge is 0.342 e. The lowest BCUT2D eigenvalue weighted by atomic mass is 10.3. The van der Waals surface area contributed by atoms with E-state index in [0.717, 1.165) is 10.6 Å². The second kappa shape index (κ2) is 3.63. The van der Waals surface area contributed by atoms with Crippen LogP contribution in [-0.2, 0) is 10.0 Å². The normalized spacial score (nSPS) is 15.1. The molecule has 80 valence electrons. The van der Waals surface area contributed by atoms with Crippen LogP contribution in [0.15, 0.2) is 29.3 Å². The number of benzene rings is 1. The molecule has 0 amide bonds. The van der Waals surface area contributed by atoms with Crippen LogP contribution in [0.2, 0.25) is 0 Å². The summed E-state index contributed by atoms with van der Waals surface area (Å²) in [5.41, 5.74) is 0. The summed E-state index contributed by atoms with van der Waals surface area (Å²) < 4.78 is 21.8. The number of hydrogen-bond donors (Lipinski definition) is 1. The van der Waals surface area contributed by atoms with Crippen LogP contribution in [0.3, 0.4) is 0 Å². The van der Waals surface area contributed by atoms with E-state index in [0.29, 0.717) is 6.67 Å². The molecular formula is C9H11N3O2S. The molecule has 1 aliphatic heterocycles. The molecule has 1 aromatic rings. The van der Waals surface area contributed by atoms with Crippen molar-refractivity contribution in [3.63, 3.8) is 0 Å². The fraction of sp³-hybridized carbons (Fsp3) is 0.222. The SMILES string of the molecule is NS(=O)(=O)CN1C=c2ccccc2=NC1. The van der Waals surface area contributed by atoms with Crippen molar-refractivity contribution in [2.75, 3.05) is 12.5 Å². The summed E-state index contributed by atoms with van der Waals surface area (Å²) in [7, 11) is -3.49. The Hall–Kier alpha value is -1.40. The maximum atomic E-state index is 10.9. The topological polar surface area (TPSA) is 75.8 Å². The average molecular weight is 225 g/mol. The summed E-state index contributed by atoms with van der Waals surface area (Å²) in [6.45, 7) is 0.327. The lowest BCUT2D eigenvalue weighted by molar-refractivity contribution is 0.461. The van der Waals surface area contributed by atoms with Crippen molar-refractivity contribution in [3.8, 4) is 0 Å². The van der Waals surface area contributed by atoms with Crippen LogP contribution in [0, 0.1) is 0 Å². The molecule has 0 spiro atoms. The predicted molar refractivity (Wildman–Crippen MR) is 56.4 cm³/mol. The summed E-state index contributed by atoms with van der Waals surface area (Å²) in [6, 6.07) is 7.55. The highest BCUT2D eigenvalue weighted by Crippen LogP contribution is 1.94. The quantitative estimate of drug-likeness (QED) is 0.670. The minimum absolute atomic E-state index is 0.204. The summed E-state index contributed by atoms with van der Waals surface area (Å²) in [6.07, 6.45) is 1.76. The molecule has 2 N–H and O–H groups in total. The molecule has 1 heterocycles. The van der Waals surface area contributed by atoms with Gasteiger partial charge in [0.15, 0.2) is 0 Å². The van der Waals surface area contributed by atoms with Crippen molar-refractivity contribution in [2.45, 2.75) is 0 Å². The fourth-order valence-corrected chi connectivity index (χ4v) is 2.07. The van der Waals surface area contributed by atoms with Gasteiger partial charge in [0, 0.05) is 11.4 Å². The highest BCUT2D eigenvalue weighted by molar-refractivity contribution is 7.89. The van der Waals surface area contributed by atoms with Crippen LogP contribution in [0.1, 0.15) is 0 Å². The first kappa shape index (κ1) is 10.1. The molecular weight excluding hydrogens is 214 g/mol. The standard InChI is InChI=1S/C9H11N3O2S/c10-15(13,14)7-12-5-8-3-1-2-4-9(8)11-6-12/h1-5H,6-7H2,(H2,10,13,14). The Kier molecular flexibility index (Phi) is 2.45. The fourth-order valence-electron chi connectivity index (χ4n) is 1.45. The first-order chi connectivity index (χ1) is 7.04. The van der Waals surface area contributed by atoms with E-state index >= 15 is 0 Å². The molecule has 0 saturated carbocycles. The molecule has 0 unspecified atom stereocenters. The van der Waals surface area contributed by atoms with Gasteiger partial charge in [0.1, 0.15) is 12.5 Å². The number of rotatable bonds is 2. The van der Waals surface area contributed by atoms with Crippen molar-refractivity contribution < 1.29 is 8.42 Å². The van der Waals surface area contributed by atoms with Gasteiger partial charge in [-0.05, 0) is 6.07 Å². The van der Waals surface area contributed by atoms with Gasteiger partial charge in [0.2, 0.25) is 10.0 Å². The molecule has 0 saturated heterocycles. The van der Waals surface area contributed by atoms with E-state index in [2.05, 4.69) is 4.99 Å². The van der Waals surface area contributed by atoms with E-state index in [1.54, 1.807) is 11.1 Å². The summed E-state index contributed by atoms with van der Waals surface area (Å²) in [5, 5.41) is 6.74. The summed E-state index contributed by atoms with van der Waals surface area (Å²) in [4.78, 5) is 5.80. The zero-order chi connectivity index (χ0) is 10.9. The molecule has 15 heavy (non-hydrogen) atoms. The van der Waals surface area contributed by atoms with Crippen LogP contribution in [0.25, 0.3) is 6.20 Å². The third-order valence-electron chi connectivity index (χ3n) is 2.03. The van der Waals surface area contributed by atoms with Gasteiger partial charge < -0.3 is 4.90 Å². The van der Waals surface area contributed by atoms with Crippen LogP contribution in [0.4, 0.5) is 0 Å². The van der Waals surface area contributed by atoms with Crippen LogP contribution < -0.4 is 15.7 Å². The molecule has 1 aromatic carbocycles. The van der Waals surface area contributed by atoms with E-state index in [1.807, 2.05) is 24.3 Å². The number of nitrogens with two attached hydrogens (primary N) is 1. The minimum Gasteiger partial charge on any atom is -0.342 e. The number of sulfonamides is 1. The predicted octanol–water partition coefficient (Wildman–Crippen LogP) is -1.44. The number of fused-ring (bicyclic) bond motifs is 1.